The molecule has 0 bridgehead atoms. The SMILES string of the molecule is COc1cc(-c2cnc3cc(-c4cnn(C(C)(C)C(O)O)c4)ccn23)cc(OC)c1C(=O)CNCC(F)(F)F. The maximum absolute atomic E-state index is 12.7. The number of aliphatic hydroxyl groups excluding tert-OH is 1. The number of fused-ring (bicyclic) bond motifs is 1. The van der Waals surface area contributed by atoms with Gasteiger partial charge < -0.3 is 25.0 Å². The molecule has 3 aromatic heterocycles. The molecule has 3 N–H and O–H groups in total. The smallest absolute Gasteiger partial charge is 0.401 e. The van der Waals surface area contributed by atoms with Crippen LogP contribution in [0.4, 0.5) is 13.2 Å². The van der Waals surface area contributed by atoms with Crippen LogP contribution in [0.3, 0.4) is 0 Å². The molecule has 0 amide bonds. The van der Waals surface area contributed by atoms with Gasteiger partial charge in [0.05, 0.1) is 45.4 Å². The number of halogens is 3. The number of methoxy groups -OCH3 is 2. The summed E-state index contributed by atoms with van der Waals surface area (Å²) >= 11 is 0. The van der Waals surface area contributed by atoms with Gasteiger partial charge in [-0.25, -0.2) is 4.98 Å². The summed E-state index contributed by atoms with van der Waals surface area (Å²) in [6, 6.07) is 6.89. The monoisotopic (exact) mass is 547 g/mol. The molecule has 0 atom stereocenters. The van der Waals surface area contributed by atoms with Crippen molar-refractivity contribution in [2.24, 2.45) is 0 Å². The summed E-state index contributed by atoms with van der Waals surface area (Å²) in [5.74, 6) is -0.314. The Hall–Kier alpha value is -3.94. The lowest BCUT2D eigenvalue weighted by Gasteiger charge is -2.27. The molecular weight excluding hydrogens is 519 g/mol. The van der Waals surface area contributed by atoms with Gasteiger partial charge in [0.2, 0.25) is 0 Å². The van der Waals surface area contributed by atoms with Gasteiger partial charge in [-0.05, 0) is 43.7 Å². The third-order valence-electron chi connectivity index (χ3n) is 6.34. The molecule has 4 aromatic rings. The van der Waals surface area contributed by atoms with Gasteiger partial charge in [0.1, 0.15) is 28.2 Å². The summed E-state index contributed by atoms with van der Waals surface area (Å²) in [6.45, 7) is 1.46. The van der Waals surface area contributed by atoms with Crippen LogP contribution >= 0.6 is 0 Å². The van der Waals surface area contributed by atoms with Crippen LogP contribution in [0.25, 0.3) is 28.0 Å². The molecular formula is C26H28F3N5O5. The van der Waals surface area contributed by atoms with E-state index in [1.165, 1.54) is 18.9 Å². The highest BCUT2D eigenvalue weighted by atomic mass is 19.4. The minimum atomic E-state index is -4.44. The fraction of sp³-hybridized carbons (Fsp3) is 0.346. The third-order valence-corrected chi connectivity index (χ3v) is 6.34. The molecule has 0 saturated carbocycles. The van der Waals surface area contributed by atoms with Crippen LogP contribution in [0, 0.1) is 0 Å². The number of benzene rings is 1. The van der Waals surface area contributed by atoms with Gasteiger partial charge in [-0.15, -0.1) is 0 Å². The number of nitrogens with one attached hydrogen (secondary N) is 1. The van der Waals surface area contributed by atoms with E-state index in [1.54, 1.807) is 50.8 Å². The molecule has 3 heterocycles. The Kier molecular flexibility index (Phi) is 7.68. The Labute approximate surface area is 221 Å². The van der Waals surface area contributed by atoms with E-state index in [2.05, 4.69) is 15.4 Å². The molecule has 0 aliphatic carbocycles. The quantitative estimate of drug-likeness (QED) is 0.204. The number of hydrogen-bond acceptors (Lipinski definition) is 8. The fourth-order valence-corrected chi connectivity index (χ4v) is 4.02. The Morgan fingerprint density at radius 3 is 2.31 bits per heavy atom. The highest BCUT2D eigenvalue weighted by molar-refractivity contribution is 6.03. The molecule has 0 unspecified atom stereocenters. The first kappa shape index (κ1) is 28.1. The summed E-state index contributed by atoms with van der Waals surface area (Å²) in [7, 11) is 2.72. The average molecular weight is 548 g/mol. The number of nitrogens with zero attached hydrogens (tertiary/aromatic N) is 4. The lowest BCUT2D eigenvalue weighted by molar-refractivity contribution is -0.124. The normalized spacial score (nSPS) is 12.4. The summed E-state index contributed by atoms with van der Waals surface area (Å²) in [6.07, 6.45) is 0.720. The van der Waals surface area contributed by atoms with Crippen molar-refractivity contribution < 1.29 is 37.7 Å². The van der Waals surface area contributed by atoms with Crippen molar-refractivity contribution in [2.75, 3.05) is 27.3 Å². The third kappa shape index (κ3) is 5.75. The second-order valence-electron chi connectivity index (χ2n) is 9.39. The molecule has 13 heteroatoms. The summed E-state index contributed by atoms with van der Waals surface area (Å²) in [4.78, 5) is 17.2. The van der Waals surface area contributed by atoms with E-state index in [9.17, 15) is 28.2 Å². The van der Waals surface area contributed by atoms with Gasteiger partial charge >= 0.3 is 6.18 Å². The average Bonchev–Trinajstić information content (AvgIpc) is 3.54. The lowest BCUT2D eigenvalue weighted by Crippen LogP contribution is -2.39. The number of pyridine rings is 1. The summed E-state index contributed by atoms with van der Waals surface area (Å²) < 4.78 is 51.6. The van der Waals surface area contributed by atoms with E-state index in [-0.39, 0.29) is 17.1 Å². The van der Waals surface area contributed by atoms with Crippen LogP contribution in [0.5, 0.6) is 11.5 Å². The van der Waals surface area contributed by atoms with E-state index in [1.807, 2.05) is 16.5 Å². The minimum absolute atomic E-state index is 0.0301. The number of hydrogen-bond donors (Lipinski definition) is 3. The maximum Gasteiger partial charge on any atom is 0.401 e. The number of ether oxygens (including phenoxy) is 2. The van der Waals surface area contributed by atoms with E-state index < -0.39 is 36.9 Å². The van der Waals surface area contributed by atoms with Gasteiger partial charge in [-0.1, -0.05) is 0 Å². The molecule has 4 rings (SSSR count). The largest absolute Gasteiger partial charge is 0.496 e. The molecule has 0 aliphatic heterocycles. The zero-order valence-electron chi connectivity index (χ0n) is 21.7. The maximum atomic E-state index is 12.7. The topological polar surface area (TPSA) is 123 Å². The first-order valence-electron chi connectivity index (χ1n) is 11.8. The first-order valence-corrected chi connectivity index (χ1v) is 11.8. The Bertz CT molecular complexity index is 1470. The van der Waals surface area contributed by atoms with E-state index in [0.29, 0.717) is 16.9 Å². The van der Waals surface area contributed by atoms with Crippen LogP contribution in [0.2, 0.25) is 0 Å². The van der Waals surface area contributed by atoms with Gasteiger partial charge in [0.15, 0.2) is 12.1 Å². The van der Waals surface area contributed by atoms with Gasteiger partial charge in [0, 0.05) is 23.5 Å². The van der Waals surface area contributed by atoms with Crippen molar-refractivity contribution in [1.82, 2.24) is 24.5 Å². The van der Waals surface area contributed by atoms with Crippen LogP contribution in [-0.2, 0) is 5.54 Å². The molecule has 1 aromatic carbocycles. The van der Waals surface area contributed by atoms with E-state index in [4.69, 9.17) is 9.47 Å². The van der Waals surface area contributed by atoms with E-state index >= 15 is 0 Å². The van der Waals surface area contributed by atoms with Crippen molar-refractivity contribution in [2.45, 2.75) is 31.9 Å². The van der Waals surface area contributed by atoms with Crippen LogP contribution in [-0.4, -0.2) is 74.9 Å². The number of rotatable bonds is 10. The number of aromatic nitrogens is 4. The number of ketones is 1. The predicted molar refractivity (Wildman–Crippen MR) is 136 cm³/mol. The lowest BCUT2D eigenvalue weighted by atomic mass is 10.0. The molecule has 39 heavy (non-hydrogen) atoms. The first-order chi connectivity index (χ1) is 18.4. The van der Waals surface area contributed by atoms with Crippen molar-refractivity contribution in [3.05, 3.63) is 54.6 Å². The number of Topliss-reactive ketones (excluding diaryl/α,β-unsaturated/α-hetero) is 1. The van der Waals surface area contributed by atoms with Gasteiger partial charge in [-0.2, -0.15) is 18.3 Å². The number of aliphatic hydroxyl groups is 2. The van der Waals surface area contributed by atoms with Gasteiger partial charge in [-0.3, -0.25) is 13.9 Å². The molecule has 0 spiro atoms. The molecule has 0 fully saturated rings. The highest BCUT2D eigenvalue weighted by Crippen LogP contribution is 2.36. The highest BCUT2D eigenvalue weighted by Gasteiger charge is 2.30. The van der Waals surface area contributed by atoms with Crippen molar-refractivity contribution >= 4 is 11.4 Å². The van der Waals surface area contributed by atoms with Crippen molar-refractivity contribution in [3.8, 4) is 33.9 Å². The van der Waals surface area contributed by atoms with Crippen molar-refractivity contribution in [1.29, 1.82) is 0 Å². The molecule has 0 saturated heterocycles. The summed E-state index contributed by atoms with van der Waals surface area (Å²) in [5.41, 5.74) is 2.42. The zero-order valence-corrected chi connectivity index (χ0v) is 21.7. The number of alkyl halides is 3. The molecule has 208 valence electrons. The Morgan fingerprint density at radius 2 is 1.72 bits per heavy atom. The van der Waals surface area contributed by atoms with Crippen LogP contribution in [0.1, 0.15) is 24.2 Å². The fourth-order valence-electron chi connectivity index (χ4n) is 4.02. The number of carbonyl (C=O) groups excluding carboxylic acids is 1. The minimum Gasteiger partial charge on any atom is -0.496 e. The predicted octanol–water partition coefficient (Wildman–Crippen LogP) is 3.26. The number of imidazole rings is 1. The van der Waals surface area contributed by atoms with Crippen molar-refractivity contribution in [3.63, 3.8) is 0 Å². The molecule has 0 aliphatic rings. The van der Waals surface area contributed by atoms with Crippen LogP contribution in [0.15, 0.2) is 49.1 Å². The van der Waals surface area contributed by atoms with Gasteiger partial charge in [0.25, 0.3) is 0 Å². The second-order valence-corrected chi connectivity index (χ2v) is 9.39. The summed E-state index contributed by atoms with van der Waals surface area (Å²) in [5, 5.41) is 25.7. The standard InChI is InChI=1S/C26H28F3N5O5/c1-25(2,24(36)37)34-13-17(10-32-34)15-5-6-33-18(11-31-22(33)9-15)16-7-20(38-3)23(21(8-16)39-4)19(35)12-30-14-26(27,28)29/h5-11,13,24,30,36-37H,12,14H2,1-4H3. The Morgan fingerprint density at radius 1 is 1.05 bits per heavy atom. The zero-order chi connectivity index (χ0) is 28.5. The number of carbonyl (C=O) groups is 1. The second kappa shape index (κ2) is 10.7. The van der Waals surface area contributed by atoms with E-state index in [0.717, 1.165) is 11.1 Å². The molecule has 0 radical (unpaired) electrons. The van der Waals surface area contributed by atoms with Crippen LogP contribution < -0.4 is 14.8 Å². The Balaban J connectivity index is 1.66. The molecule has 10 nitrogen and oxygen atoms in total.